The molecule has 0 aliphatic heterocycles. The molecule has 0 N–H and O–H groups in total. The summed E-state index contributed by atoms with van der Waals surface area (Å²) in [5.41, 5.74) is 0.583. The molecule has 1 aromatic carbocycles. The molecule has 0 spiro atoms. The highest BCUT2D eigenvalue weighted by atomic mass is 32.2. The highest BCUT2D eigenvalue weighted by Gasteiger charge is 2.53. The van der Waals surface area contributed by atoms with Crippen LogP contribution in [0.5, 0.6) is 0 Å². The summed E-state index contributed by atoms with van der Waals surface area (Å²) in [6.07, 6.45) is 2.43. The highest BCUT2D eigenvalue weighted by molar-refractivity contribution is 7.92. The van der Waals surface area contributed by atoms with E-state index >= 15 is 0 Å². The van der Waals surface area contributed by atoms with E-state index in [1.54, 1.807) is 12.1 Å². The molecule has 2 rings (SSSR count). The average molecular weight is 214 g/mol. The SMILES string of the molecule is CS(=O)(=O)C1(c2cccc(F)c2)CC1. The lowest BCUT2D eigenvalue weighted by molar-refractivity contribution is 0.584. The second kappa shape index (κ2) is 2.79. The van der Waals surface area contributed by atoms with Gasteiger partial charge in [0.25, 0.3) is 0 Å². The van der Waals surface area contributed by atoms with Crippen molar-refractivity contribution in [3.63, 3.8) is 0 Å². The summed E-state index contributed by atoms with van der Waals surface area (Å²) in [7, 11) is -3.13. The third-order valence-electron chi connectivity index (χ3n) is 2.76. The fourth-order valence-corrected chi connectivity index (χ4v) is 3.16. The number of hydrogen-bond donors (Lipinski definition) is 0. The van der Waals surface area contributed by atoms with Gasteiger partial charge in [-0.25, -0.2) is 12.8 Å². The van der Waals surface area contributed by atoms with Crippen LogP contribution >= 0.6 is 0 Å². The molecule has 0 amide bonds. The maximum atomic E-state index is 12.9. The molecule has 0 bridgehead atoms. The quantitative estimate of drug-likeness (QED) is 0.753. The van der Waals surface area contributed by atoms with Crippen LogP contribution in [0.3, 0.4) is 0 Å². The average Bonchev–Trinajstić information content (AvgIpc) is 2.82. The van der Waals surface area contributed by atoms with Crippen molar-refractivity contribution in [2.45, 2.75) is 17.6 Å². The van der Waals surface area contributed by atoms with Gasteiger partial charge in [-0.1, -0.05) is 12.1 Å². The van der Waals surface area contributed by atoms with Crippen LogP contribution in [0.1, 0.15) is 18.4 Å². The molecule has 1 saturated carbocycles. The predicted octanol–water partition coefficient (Wildman–Crippen LogP) is 1.86. The van der Waals surface area contributed by atoms with Crippen molar-refractivity contribution >= 4 is 9.84 Å². The van der Waals surface area contributed by atoms with Gasteiger partial charge in [0.2, 0.25) is 0 Å². The first-order chi connectivity index (χ1) is 6.46. The topological polar surface area (TPSA) is 34.1 Å². The van der Waals surface area contributed by atoms with Gasteiger partial charge in [-0.2, -0.15) is 0 Å². The summed E-state index contributed by atoms with van der Waals surface area (Å²) in [5.74, 6) is -0.377. The zero-order valence-corrected chi connectivity index (χ0v) is 8.64. The second-order valence-corrected chi connectivity index (χ2v) is 6.10. The largest absolute Gasteiger partial charge is 0.228 e. The molecular weight excluding hydrogens is 203 g/mol. The van der Waals surface area contributed by atoms with Crippen LogP contribution < -0.4 is 0 Å². The van der Waals surface area contributed by atoms with Crippen molar-refractivity contribution in [3.8, 4) is 0 Å². The minimum atomic E-state index is -3.13. The Labute approximate surface area is 82.7 Å². The molecule has 0 radical (unpaired) electrons. The fourth-order valence-electron chi connectivity index (χ4n) is 1.76. The van der Waals surface area contributed by atoms with Crippen molar-refractivity contribution < 1.29 is 12.8 Å². The zero-order valence-electron chi connectivity index (χ0n) is 7.83. The summed E-state index contributed by atoms with van der Waals surface area (Å²) < 4.78 is 35.1. The standard InChI is InChI=1S/C10H11FO2S/c1-14(12,13)10(5-6-10)8-3-2-4-9(11)7-8/h2-4,7H,5-6H2,1H3. The number of hydrogen-bond acceptors (Lipinski definition) is 2. The van der Waals surface area contributed by atoms with Crippen molar-refractivity contribution in [2.24, 2.45) is 0 Å². The molecule has 14 heavy (non-hydrogen) atoms. The molecule has 0 saturated heterocycles. The van der Waals surface area contributed by atoms with Crippen molar-refractivity contribution in [2.75, 3.05) is 6.26 Å². The van der Waals surface area contributed by atoms with E-state index in [1.807, 2.05) is 0 Å². The van der Waals surface area contributed by atoms with Gasteiger partial charge in [-0.3, -0.25) is 0 Å². The van der Waals surface area contributed by atoms with Gasteiger partial charge in [0.1, 0.15) is 5.82 Å². The summed E-state index contributed by atoms with van der Waals surface area (Å²) >= 11 is 0. The Balaban J connectivity index is 2.51. The molecule has 0 heterocycles. The van der Waals surface area contributed by atoms with Crippen LogP contribution in [-0.2, 0) is 14.6 Å². The van der Waals surface area contributed by atoms with Gasteiger partial charge >= 0.3 is 0 Å². The minimum absolute atomic E-state index is 0.377. The van der Waals surface area contributed by atoms with E-state index in [2.05, 4.69) is 0 Å². The van der Waals surface area contributed by atoms with Gasteiger partial charge < -0.3 is 0 Å². The minimum Gasteiger partial charge on any atom is -0.228 e. The maximum absolute atomic E-state index is 12.9. The van der Waals surface area contributed by atoms with Crippen molar-refractivity contribution in [3.05, 3.63) is 35.6 Å². The third kappa shape index (κ3) is 1.34. The van der Waals surface area contributed by atoms with E-state index in [9.17, 15) is 12.8 Å². The van der Waals surface area contributed by atoms with Gasteiger partial charge in [-0.15, -0.1) is 0 Å². The molecule has 0 atom stereocenters. The van der Waals surface area contributed by atoms with Crippen LogP contribution in [0, 0.1) is 5.82 Å². The molecule has 76 valence electrons. The van der Waals surface area contributed by atoms with E-state index in [0.29, 0.717) is 18.4 Å². The number of halogens is 1. The maximum Gasteiger partial charge on any atom is 0.157 e. The Morgan fingerprint density at radius 1 is 1.36 bits per heavy atom. The number of sulfone groups is 1. The summed E-state index contributed by atoms with van der Waals surface area (Å²) in [5, 5.41) is 0. The number of rotatable bonds is 2. The Hall–Kier alpha value is -0.900. The summed E-state index contributed by atoms with van der Waals surface area (Å²) in [6.45, 7) is 0. The number of benzene rings is 1. The monoisotopic (exact) mass is 214 g/mol. The molecule has 1 aliphatic rings. The van der Waals surface area contributed by atoms with E-state index < -0.39 is 14.6 Å². The van der Waals surface area contributed by atoms with Crippen LogP contribution in [0.4, 0.5) is 4.39 Å². The lowest BCUT2D eigenvalue weighted by Crippen LogP contribution is -2.19. The first-order valence-electron chi connectivity index (χ1n) is 4.41. The van der Waals surface area contributed by atoms with Crippen LogP contribution in [-0.4, -0.2) is 14.7 Å². The molecule has 2 nitrogen and oxygen atoms in total. The summed E-state index contributed by atoms with van der Waals surface area (Å²) in [4.78, 5) is 0. The van der Waals surface area contributed by atoms with E-state index in [4.69, 9.17) is 0 Å². The van der Waals surface area contributed by atoms with Gasteiger partial charge in [-0.05, 0) is 30.5 Å². The molecule has 0 unspecified atom stereocenters. The fraction of sp³-hybridized carbons (Fsp3) is 0.400. The van der Waals surface area contributed by atoms with E-state index in [-0.39, 0.29) is 5.82 Å². The zero-order chi connectivity index (χ0) is 10.4. The molecule has 4 heteroatoms. The van der Waals surface area contributed by atoms with Gasteiger partial charge in [0, 0.05) is 6.26 Å². The predicted molar refractivity (Wildman–Crippen MR) is 52.2 cm³/mol. The molecule has 1 aliphatic carbocycles. The van der Waals surface area contributed by atoms with E-state index in [0.717, 1.165) is 0 Å². The molecule has 1 aromatic rings. The smallest absolute Gasteiger partial charge is 0.157 e. The van der Waals surface area contributed by atoms with Crippen LogP contribution in [0.25, 0.3) is 0 Å². The third-order valence-corrected chi connectivity index (χ3v) is 4.83. The van der Waals surface area contributed by atoms with Gasteiger partial charge in [0.15, 0.2) is 9.84 Å². The van der Waals surface area contributed by atoms with Crippen molar-refractivity contribution in [1.82, 2.24) is 0 Å². The molecule has 1 fully saturated rings. The Morgan fingerprint density at radius 3 is 2.43 bits per heavy atom. The summed E-state index contributed by atoms with van der Waals surface area (Å²) in [6, 6.07) is 5.86. The first kappa shape index (κ1) is 9.65. The van der Waals surface area contributed by atoms with Crippen LogP contribution in [0.15, 0.2) is 24.3 Å². The van der Waals surface area contributed by atoms with Crippen molar-refractivity contribution in [1.29, 1.82) is 0 Å². The van der Waals surface area contributed by atoms with Crippen LogP contribution in [0.2, 0.25) is 0 Å². The lowest BCUT2D eigenvalue weighted by atomic mass is 10.1. The Morgan fingerprint density at radius 2 is 2.00 bits per heavy atom. The van der Waals surface area contributed by atoms with Gasteiger partial charge in [0.05, 0.1) is 4.75 Å². The molecule has 0 aromatic heterocycles. The molecular formula is C10H11FO2S. The first-order valence-corrected chi connectivity index (χ1v) is 6.30. The Bertz CT molecular complexity index is 461. The van der Waals surface area contributed by atoms with E-state index in [1.165, 1.54) is 18.4 Å². The Kier molecular flexibility index (Phi) is 1.93. The second-order valence-electron chi connectivity index (χ2n) is 3.78. The highest BCUT2D eigenvalue weighted by Crippen LogP contribution is 2.52. The lowest BCUT2D eigenvalue weighted by Gasteiger charge is -2.12. The normalized spacial score (nSPS) is 19.3.